The van der Waals surface area contributed by atoms with Crippen molar-refractivity contribution in [1.29, 1.82) is 0 Å². The molecule has 7 heteroatoms. The van der Waals surface area contributed by atoms with Crippen LogP contribution < -0.4 is 0 Å². The Morgan fingerprint density at radius 3 is 1.81 bits per heavy atom. The van der Waals surface area contributed by atoms with Crippen LogP contribution in [0.25, 0.3) is 0 Å². The maximum Gasteiger partial charge on any atom is 0.103 e. The van der Waals surface area contributed by atoms with E-state index in [-0.39, 0.29) is 13.0 Å². The largest absolute Gasteiger partial charge is 0.394 e. The van der Waals surface area contributed by atoms with Crippen molar-refractivity contribution in [3.63, 3.8) is 0 Å². The minimum absolute atomic E-state index is 0.0730. The molecule has 0 fully saturated rings. The molecule has 16 heavy (non-hydrogen) atoms. The van der Waals surface area contributed by atoms with E-state index >= 15 is 0 Å². The van der Waals surface area contributed by atoms with Gasteiger partial charge in [0.15, 0.2) is 0 Å². The number of rotatable bonds is 9. The highest BCUT2D eigenvalue weighted by molar-refractivity contribution is 4.73. The van der Waals surface area contributed by atoms with Gasteiger partial charge in [0, 0.05) is 6.42 Å². The fraction of sp³-hybridized carbons (Fsp3) is 1.00. The first kappa shape index (κ1) is 15.7. The highest BCUT2D eigenvalue weighted by Crippen LogP contribution is 2.08. The average molecular weight is 240 g/mol. The zero-order chi connectivity index (χ0) is 12.6. The second kappa shape index (κ2) is 8.82. The summed E-state index contributed by atoms with van der Waals surface area (Å²) in [4.78, 5) is 0. The third-order valence-corrected chi connectivity index (χ3v) is 2.04. The lowest BCUT2D eigenvalue weighted by atomic mass is 10.1. The summed E-state index contributed by atoms with van der Waals surface area (Å²) in [5, 5.41) is 53.4. The van der Waals surface area contributed by atoms with Crippen LogP contribution in [0.2, 0.25) is 0 Å². The zero-order valence-corrected chi connectivity index (χ0v) is 8.94. The van der Waals surface area contributed by atoms with Crippen LogP contribution in [0.3, 0.4) is 0 Å². The van der Waals surface area contributed by atoms with Crippen LogP contribution in [0, 0.1) is 0 Å². The SMILES string of the molecule is OCC(O)COC(CC(O)CO)C(O)CO. The summed E-state index contributed by atoms with van der Waals surface area (Å²) in [5.74, 6) is 0. The Hall–Kier alpha value is -0.280. The van der Waals surface area contributed by atoms with Crippen molar-refractivity contribution in [2.75, 3.05) is 26.4 Å². The molecule has 0 aliphatic heterocycles. The Morgan fingerprint density at radius 1 is 0.812 bits per heavy atom. The number of hydrogen-bond acceptors (Lipinski definition) is 7. The van der Waals surface area contributed by atoms with Gasteiger partial charge in [-0.25, -0.2) is 0 Å². The van der Waals surface area contributed by atoms with Crippen molar-refractivity contribution in [2.45, 2.75) is 30.8 Å². The first-order valence-electron chi connectivity index (χ1n) is 5.03. The maximum absolute atomic E-state index is 9.34. The van der Waals surface area contributed by atoms with Gasteiger partial charge in [-0.15, -0.1) is 0 Å². The number of ether oxygens (including phenoxy) is 1. The highest BCUT2D eigenvalue weighted by atomic mass is 16.5. The van der Waals surface area contributed by atoms with Gasteiger partial charge in [-0.1, -0.05) is 0 Å². The first-order chi connectivity index (χ1) is 7.54. The summed E-state index contributed by atoms with van der Waals surface area (Å²) in [6, 6.07) is 0. The molecule has 0 aromatic rings. The normalized spacial score (nSPS) is 19.1. The highest BCUT2D eigenvalue weighted by Gasteiger charge is 2.23. The van der Waals surface area contributed by atoms with Gasteiger partial charge in [-0.2, -0.15) is 0 Å². The van der Waals surface area contributed by atoms with Crippen molar-refractivity contribution in [3.8, 4) is 0 Å². The number of aliphatic hydroxyl groups excluding tert-OH is 6. The smallest absolute Gasteiger partial charge is 0.103 e. The zero-order valence-electron chi connectivity index (χ0n) is 8.94. The van der Waals surface area contributed by atoms with Gasteiger partial charge in [0.25, 0.3) is 0 Å². The predicted octanol–water partition coefficient (Wildman–Crippen LogP) is -3.18. The predicted molar refractivity (Wildman–Crippen MR) is 53.6 cm³/mol. The van der Waals surface area contributed by atoms with Crippen molar-refractivity contribution < 1.29 is 35.4 Å². The molecule has 0 spiro atoms. The van der Waals surface area contributed by atoms with E-state index < -0.39 is 44.2 Å². The number of aliphatic hydroxyl groups is 6. The molecule has 0 aliphatic carbocycles. The standard InChI is InChI=1S/C9H20O7/c10-2-6(13)1-9(8(15)4-12)16-5-7(14)3-11/h6-15H,1-5H2. The lowest BCUT2D eigenvalue weighted by molar-refractivity contribution is -0.104. The third kappa shape index (κ3) is 6.33. The second-order valence-electron chi connectivity index (χ2n) is 3.53. The van der Waals surface area contributed by atoms with Gasteiger partial charge in [-0.3, -0.25) is 0 Å². The van der Waals surface area contributed by atoms with Crippen LogP contribution >= 0.6 is 0 Å². The van der Waals surface area contributed by atoms with E-state index in [9.17, 15) is 5.11 Å². The minimum atomic E-state index is -1.22. The third-order valence-electron chi connectivity index (χ3n) is 2.04. The maximum atomic E-state index is 9.34. The topological polar surface area (TPSA) is 131 Å². The summed E-state index contributed by atoms with van der Waals surface area (Å²) in [6.45, 7) is -1.75. The van der Waals surface area contributed by atoms with E-state index in [4.69, 9.17) is 30.3 Å². The monoisotopic (exact) mass is 240 g/mol. The van der Waals surface area contributed by atoms with Gasteiger partial charge in [0.2, 0.25) is 0 Å². The van der Waals surface area contributed by atoms with E-state index in [0.29, 0.717) is 0 Å². The van der Waals surface area contributed by atoms with Crippen LogP contribution in [-0.4, -0.2) is 81.5 Å². The Balaban J connectivity index is 4.10. The Labute approximate surface area is 93.5 Å². The Bertz CT molecular complexity index is 166. The second-order valence-corrected chi connectivity index (χ2v) is 3.53. The molecule has 0 amide bonds. The summed E-state index contributed by atoms with van der Waals surface area (Å²) >= 11 is 0. The van der Waals surface area contributed by atoms with E-state index in [0.717, 1.165) is 0 Å². The van der Waals surface area contributed by atoms with Crippen molar-refractivity contribution in [2.24, 2.45) is 0 Å². The fourth-order valence-electron chi connectivity index (χ4n) is 1.08. The molecule has 0 aliphatic rings. The fourth-order valence-corrected chi connectivity index (χ4v) is 1.08. The molecular formula is C9H20O7. The molecule has 0 aromatic heterocycles. The molecule has 0 rings (SSSR count). The van der Waals surface area contributed by atoms with Gasteiger partial charge in [-0.05, 0) is 0 Å². The van der Waals surface area contributed by atoms with Crippen molar-refractivity contribution in [3.05, 3.63) is 0 Å². The van der Waals surface area contributed by atoms with Crippen LogP contribution in [-0.2, 0) is 4.74 Å². The molecule has 0 saturated heterocycles. The Morgan fingerprint density at radius 2 is 1.38 bits per heavy atom. The molecule has 4 unspecified atom stereocenters. The molecule has 0 bridgehead atoms. The van der Waals surface area contributed by atoms with Crippen molar-refractivity contribution >= 4 is 0 Å². The van der Waals surface area contributed by atoms with Gasteiger partial charge < -0.3 is 35.4 Å². The van der Waals surface area contributed by atoms with E-state index in [1.807, 2.05) is 0 Å². The van der Waals surface area contributed by atoms with Gasteiger partial charge in [0.1, 0.15) is 12.2 Å². The lowest BCUT2D eigenvalue weighted by Crippen LogP contribution is -2.38. The number of hydrogen-bond donors (Lipinski definition) is 6. The van der Waals surface area contributed by atoms with Crippen LogP contribution in [0.4, 0.5) is 0 Å². The van der Waals surface area contributed by atoms with Crippen LogP contribution in [0.1, 0.15) is 6.42 Å². The molecule has 4 atom stereocenters. The molecule has 0 aromatic carbocycles. The van der Waals surface area contributed by atoms with E-state index in [1.165, 1.54) is 0 Å². The minimum Gasteiger partial charge on any atom is -0.394 e. The summed E-state index contributed by atoms with van der Waals surface area (Å²) in [6.07, 6.45) is -4.35. The summed E-state index contributed by atoms with van der Waals surface area (Å²) in [7, 11) is 0. The van der Waals surface area contributed by atoms with E-state index in [1.54, 1.807) is 0 Å². The molecule has 0 heterocycles. The van der Waals surface area contributed by atoms with Gasteiger partial charge in [0.05, 0.1) is 38.6 Å². The quantitative estimate of drug-likeness (QED) is 0.250. The lowest BCUT2D eigenvalue weighted by Gasteiger charge is -2.24. The molecular weight excluding hydrogens is 220 g/mol. The molecule has 6 N–H and O–H groups in total. The van der Waals surface area contributed by atoms with E-state index in [2.05, 4.69) is 0 Å². The molecule has 0 radical (unpaired) electrons. The average Bonchev–Trinajstić information content (AvgIpc) is 2.32. The summed E-state index contributed by atoms with van der Waals surface area (Å²) in [5.41, 5.74) is 0. The van der Waals surface area contributed by atoms with Crippen molar-refractivity contribution in [1.82, 2.24) is 0 Å². The summed E-state index contributed by atoms with van der Waals surface area (Å²) < 4.78 is 5.03. The van der Waals surface area contributed by atoms with Crippen LogP contribution in [0.15, 0.2) is 0 Å². The Kier molecular flexibility index (Phi) is 8.67. The van der Waals surface area contributed by atoms with Crippen LogP contribution in [0.5, 0.6) is 0 Å². The van der Waals surface area contributed by atoms with Gasteiger partial charge >= 0.3 is 0 Å². The molecule has 7 nitrogen and oxygen atoms in total. The molecule has 98 valence electrons. The molecule has 0 saturated carbocycles. The first-order valence-corrected chi connectivity index (χ1v) is 5.03.